The second-order valence-corrected chi connectivity index (χ2v) is 16.2. The first-order valence-corrected chi connectivity index (χ1v) is 16.4. The van der Waals surface area contributed by atoms with E-state index in [4.69, 9.17) is 23.2 Å². The van der Waals surface area contributed by atoms with Crippen LogP contribution >= 0.6 is 23.2 Å². The second-order valence-electron chi connectivity index (χ2n) is 15.3. The Balaban J connectivity index is 0.00000353. The van der Waals surface area contributed by atoms with Gasteiger partial charge < -0.3 is 64.8 Å². The third-order valence-electron chi connectivity index (χ3n) is 8.86. The second kappa shape index (κ2) is 16.7. The molecule has 0 saturated heterocycles. The lowest BCUT2D eigenvalue weighted by Gasteiger charge is -2.29. The van der Waals surface area contributed by atoms with E-state index in [2.05, 4.69) is 134 Å². The average Bonchev–Trinajstić information content (AvgIpc) is 3.21. The van der Waals surface area contributed by atoms with Gasteiger partial charge in [-0.25, -0.2) is 0 Å². The van der Waals surface area contributed by atoms with Gasteiger partial charge in [0.1, 0.15) is 0 Å². The van der Waals surface area contributed by atoms with Crippen molar-refractivity contribution in [3.05, 3.63) is 93.6 Å². The van der Waals surface area contributed by atoms with E-state index < -0.39 is 0 Å². The van der Waals surface area contributed by atoms with Crippen LogP contribution in [0.1, 0.15) is 51.7 Å². The first-order chi connectivity index (χ1) is 19.9. The summed E-state index contributed by atoms with van der Waals surface area (Å²) in [5.41, 5.74) is 7.51. The lowest BCUT2D eigenvalue weighted by Crippen LogP contribution is -3.00. The Labute approximate surface area is 320 Å². The highest BCUT2D eigenvalue weighted by molar-refractivity contribution is 6.31. The fourth-order valence-corrected chi connectivity index (χ4v) is 6.89. The van der Waals surface area contributed by atoms with Crippen molar-refractivity contribution in [2.24, 2.45) is 0 Å². The predicted octanol–water partition coefficient (Wildman–Crippen LogP) is -0.632. The summed E-state index contributed by atoms with van der Waals surface area (Å²) in [5, 5.41) is 1.59. The molecule has 2 aromatic carbocycles. The molecule has 0 aromatic heterocycles. The molecule has 0 spiro atoms. The van der Waals surface area contributed by atoms with Gasteiger partial charge in [0.25, 0.3) is 0 Å². The number of hydrogen-bond acceptors (Lipinski definition) is 1. The molecule has 0 aliphatic carbocycles. The van der Waals surface area contributed by atoms with E-state index in [0.29, 0.717) is 0 Å². The molecule has 0 radical (unpaired) electrons. The lowest BCUT2D eigenvalue weighted by molar-refractivity contribution is -0.871. The molecule has 4 rings (SSSR count). The molecule has 2 aliphatic rings. The van der Waals surface area contributed by atoms with E-state index in [1.165, 1.54) is 33.9 Å². The van der Waals surface area contributed by atoms with E-state index in [1.54, 1.807) is 0 Å². The van der Waals surface area contributed by atoms with Gasteiger partial charge in [-0.3, -0.25) is 0 Å². The van der Waals surface area contributed by atoms with Crippen molar-refractivity contribution < 1.29 is 64.5 Å². The Hall–Kier alpha value is -0.930. The monoisotopic (exact) mass is 860 g/mol. The van der Waals surface area contributed by atoms with Crippen molar-refractivity contribution in [1.82, 2.24) is 0 Å². The van der Waals surface area contributed by atoms with Crippen LogP contribution in [0.15, 0.2) is 72.5 Å². The molecule has 46 heavy (non-hydrogen) atoms. The molecule has 2 heterocycles. The molecule has 0 saturated carbocycles. The fraction of sp³-hybridized carbons (Fsp3) is 0.486. The first-order valence-electron chi connectivity index (χ1n) is 15.6. The molecule has 2 aliphatic heterocycles. The molecule has 0 atom stereocenters. The molecule has 2 aromatic rings. The van der Waals surface area contributed by atoms with Gasteiger partial charge in [-0.15, -0.1) is 0 Å². The minimum atomic E-state index is -0.129. The summed E-state index contributed by atoms with van der Waals surface area (Å²) in [6.45, 7) is 13.5. The summed E-state index contributed by atoms with van der Waals surface area (Å²) in [5.74, 6) is 0. The van der Waals surface area contributed by atoms with Crippen molar-refractivity contribution in [3.63, 3.8) is 0 Å². The number of fused-ring (bicyclic) bond motifs is 2. The molecule has 0 bridgehead atoms. The zero-order valence-electron chi connectivity index (χ0n) is 29.3. The zero-order chi connectivity index (χ0) is 31.8. The highest BCUT2D eigenvalue weighted by atomic mass is 79.9. The number of halogens is 5. The van der Waals surface area contributed by atoms with Gasteiger partial charge in [-0.2, -0.15) is 4.58 Å². The third-order valence-corrected chi connectivity index (χ3v) is 9.33. The van der Waals surface area contributed by atoms with Crippen molar-refractivity contribution >= 4 is 40.3 Å². The molecule has 4 nitrogen and oxygen atoms in total. The maximum atomic E-state index is 6.47. The third kappa shape index (κ3) is 10.1. The lowest BCUT2D eigenvalue weighted by atomic mass is 9.81. The highest BCUT2D eigenvalue weighted by Gasteiger charge is 2.44. The normalized spacial score (nSPS) is 17.7. The maximum absolute atomic E-state index is 6.47. The zero-order valence-corrected chi connectivity index (χ0v) is 35.5. The molecule has 0 N–H and O–H groups in total. The molecule has 0 unspecified atom stereocenters. The molecule has 0 amide bonds. The van der Waals surface area contributed by atoms with Gasteiger partial charge in [0.2, 0.25) is 5.69 Å². The van der Waals surface area contributed by atoms with Crippen LogP contribution in [0.5, 0.6) is 0 Å². The van der Waals surface area contributed by atoms with Crippen molar-refractivity contribution in [3.8, 4) is 0 Å². The van der Waals surface area contributed by atoms with Gasteiger partial charge in [-0.05, 0) is 55.8 Å². The summed E-state index contributed by atoms with van der Waals surface area (Å²) in [4.78, 5) is 2.50. The van der Waals surface area contributed by atoms with Crippen molar-refractivity contribution in [2.75, 3.05) is 73.4 Å². The smallest absolute Gasteiger partial charge is 0.209 e. The van der Waals surface area contributed by atoms with Crippen LogP contribution in [0, 0.1) is 0 Å². The Morgan fingerprint density at radius 3 is 1.89 bits per heavy atom. The number of hydrogen-bond donors (Lipinski definition) is 0. The molecule has 9 heteroatoms. The maximum Gasteiger partial charge on any atom is 0.209 e. The van der Waals surface area contributed by atoms with Crippen LogP contribution in [-0.4, -0.2) is 87.7 Å². The number of anilines is 1. The van der Waals surface area contributed by atoms with E-state index in [-0.39, 0.29) is 61.8 Å². The van der Waals surface area contributed by atoms with Gasteiger partial charge >= 0.3 is 0 Å². The Morgan fingerprint density at radius 2 is 1.28 bits per heavy atom. The van der Waals surface area contributed by atoms with Gasteiger partial charge in [-0.1, -0.05) is 55.3 Å². The van der Waals surface area contributed by atoms with Gasteiger partial charge in [0.05, 0.1) is 67.2 Å². The van der Waals surface area contributed by atoms with Crippen LogP contribution in [0.3, 0.4) is 0 Å². The van der Waals surface area contributed by atoms with E-state index in [9.17, 15) is 0 Å². The molecule has 256 valence electrons. The summed E-state index contributed by atoms with van der Waals surface area (Å²) in [6.07, 6.45) is 13.4. The Morgan fingerprint density at radius 1 is 0.717 bits per heavy atom. The number of rotatable bonds is 11. The van der Waals surface area contributed by atoms with Crippen LogP contribution in [0.2, 0.25) is 10.0 Å². The van der Waals surface area contributed by atoms with Crippen LogP contribution < -0.4 is 55.8 Å². The topological polar surface area (TPSA) is 6.25 Å². The molecular weight excluding hydrogens is 811 g/mol. The molecule has 0 fully saturated rings. The minimum Gasteiger partial charge on any atom is -1.00 e. The van der Waals surface area contributed by atoms with Crippen LogP contribution in [0.25, 0.3) is 0 Å². The Kier molecular flexibility index (Phi) is 15.6. The molecular formula is C37H53Br3Cl2N4. The Bertz CT molecular complexity index is 1480. The van der Waals surface area contributed by atoms with Crippen LogP contribution in [-0.2, 0) is 10.8 Å². The summed E-state index contributed by atoms with van der Waals surface area (Å²) in [7, 11) is 13.6. The first kappa shape index (κ1) is 43.1. The number of allylic oxidation sites excluding steroid dienone is 6. The van der Waals surface area contributed by atoms with Crippen molar-refractivity contribution in [2.45, 2.75) is 51.4 Å². The number of nitrogens with zero attached hydrogens (tertiary/aromatic N) is 4. The fourth-order valence-electron chi connectivity index (χ4n) is 6.54. The van der Waals surface area contributed by atoms with Crippen molar-refractivity contribution in [1.29, 1.82) is 0 Å². The predicted molar refractivity (Wildman–Crippen MR) is 187 cm³/mol. The van der Waals surface area contributed by atoms with E-state index in [1.807, 2.05) is 12.1 Å². The largest absolute Gasteiger partial charge is 1.00 e. The number of quaternary nitrogens is 2. The van der Waals surface area contributed by atoms with E-state index >= 15 is 0 Å². The summed E-state index contributed by atoms with van der Waals surface area (Å²) >= 11 is 12.9. The quantitative estimate of drug-likeness (QED) is 0.166. The van der Waals surface area contributed by atoms with E-state index in [0.717, 1.165) is 58.0 Å². The SMILES string of the molecule is CC1(C)C(/C=C/C=C/C=C2/N(CCC[N+](C)(C)C)c3ccc(Cl)cc3C2(C)C)=[N+](CCC[N+](C)(C)C)c2ccc(Cl)cc21.[Br-].[Br-].[Br-]. The average molecular weight is 864 g/mol. The highest BCUT2D eigenvalue weighted by Crippen LogP contribution is 2.48. The standard InChI is InChI=1S/C37H53Cl2N4.3BrH/c1-36(2)30-26-28(38)18-20-32(30)40(22-14-24-42(5,6)7)34(36)16-12-11-13-17-35-37(3,4)31-27-29(39)19-21-33(31)41(35)23-15-25-43(8,9)10;;;/h11-13,16-21,26-27H,14-15,22-25H2,1-10H3;3*1H/q+3;;;/p-3. The number of benzene rings is 2. The summed E-state index contributed by atoms with van der Waals surface area (Å²) in [6, 6.07) is 12.7. The minimum absolute atomic E-state index is 0. The van der Waals surface area contributed by atoms with Crippen LogP contribution in [0.4, 0.5) is 11.4 Å². The van der Waals surface area contributed by atoms with Gasteiger partial charge in [0, 0.05) is 57.5 Å². The van der Waals surface area contributed by atoms with Gasteiger partial charge in [0.15, 0.2) is 12.3 Å². The summed E-state index contributed by atoms with van der Waals surface area (Å²) < 4.78 is 4.43.